The maximum Gasteiger partial charge on any atom is 0.249 e. The average Bonchev–Trinajstić information content (AvgIpc) is 2.58. The number of amides is 2. The van der Waals surface area contributed by atoms with Crippen LogP contribution in [0.15, 0.2) is 30.3 Å². The summed E-state index contributed by atoms with van der Waals surface area (Å²) in [7, 11) is 0. The van der Waals surface area contributed by atoms with E-state index in [1.165, 1.54) is 0 Å². The Hall–Kier alpha value is -1.53. The third-order valence-corrected chi connectivity index (χ3v) is 5.31. The van der Waals surface area contributed by atoms with Gasteiger partial charge in [-0.3, -0.25) is 9.59 Å². The van der Waals surface area contributed by atoms with Crippen LogP contribution in [0.25, 0.3) is 0 Å². The highest BCUT2D eigenvalue weighted by molar-refractivity contribution is 7.99. The van der Waals surface area contributed by atoms with E-state index in [4.69, 9.17) is 4.74 Å². The second kappa shape index (κ2) is 7.84. The molecule has 6 heteroatoms. The molecule has 0 radical (unpaired) electrons. The monoisotopic (exact) mass is 334 g/mol. The number of rotatable bonds is 4. The first-order chi connectivity index (χ1) is 11.2. The molecule has 1 N–H and O–H groups in total. The summed E-state index contributed by atoms with van der Waals surface area (Å²) in [5, 5.41) is 3.10. The highest BCUT2D eigenvalue weighted by atomic mass is 32.2. The third-order valence-electron chi connectivity index (χ3n) is 4.26. The Labute approximate surface area is 140 Å². The minimum atomic E-state index is -0.536. The van der Waals surface area contributed by atoms with E-state index < -0.39 is 6.04 Å². The molecule has 2 aliphatic rings. The Bertz CT molecular complexity index is 546. The average molecular weight is 334 g/mol. The van der Waals surface area contributed by atoms with Crippen LogP contribution in [0.4, 0.5) is 0 Å². The molecule has 0 unspecified atom stereocenters. The van der Waals surface area contributed by atoms with Gasteiger partial charge in [-0.25, -0.2) is 0 Å². The Kier molecular flexibility index (Phi) is 5.56. The molecule has 0 aliphatic carbocycles. The van der Waals surface area contributed by atoms with Crippen molar-refractivity contribution in [1.82, 2.24) is 10.2 Å². The summed E-state index contributed by atoms with van der Waals surface area (Å²) in [6, 6.07) is 9.44. The molecule has 2 aliphatic heterocycles. The van der Waals surface area contributed by atoms with Gasteiger partial charge in [-0.2, -0.15) is 11.8 Å². The second-order valence-corrected chi connectivity index (χ2v) is 7.16. The molecule has 0 spiro atoms. The lowest BCUT2D eigenvalue weighted by Crippen LogP contribution is -2.57. The summed E-state index contributed by atoms with van der Waals surface area (Å²) in [6.45, 7) is 0.768. The quantitative estimate of drug-likeness (QED) is 0.905. The minimum absolute atomic E-state index is 0.0523. The van der Waals surface area contributed by atoms with Gasteiger partial charge in [-0.05, 0) is 29.9 Å². The molecule has 23 heavy (non-hydrogen) atoms. The molecule has 2 amide bonds. The van der Waals surface area contributed by atoms with Gasteiger partial charge in [0.05, 0.1) is 6.61 Å². The zero-order valence-electron chi connectivity index (χ0n) is 13.1. The standard InChI is InChI=1S/C17H22N2O3S/c20-16-12-22-11-15(17(21)18-14-6-8-23-9-7-14)19(16)10-13-4-2-1-3-5-13/h1-5,14-15H,6-12H2,(H,18,21)/t15-/m1/s1. The predicted octanol–water partition coefficient (Wildman–Crippen LogP) is 1.43. The number of hydrogen-bond donors (Lipinski definition) is 1. The fourth-order valence-corrected chi connectivity index (χ4v) is 4.05. The van der Waals surface area contributed by atoms with Gasteiger partial charge < -0.3 is 15.0 Å². The van der Waals surface area contributed by atoms with Crippen molar-refractivity contribution in [3.05, 3.63) is 35.9 Å². The van der Waals surface area contributed by atoms with Crippen LogP contribution >= 0.6 is 11.8 Å². The van der Waals surface area contributed by atoms with Crippen molar-refractivity contribution in [3.63, 3.8) is 0 Å². The van der Waals surface area contributed by atoms with Crippen molar-refractivity contribution in [3.8, 4) is 0 Å². The van der Waals surface area contributed by atoms with Gasteiger partial charge in [0, 0.05) is 12.6 Å². The van der Waals surface area contributed by atoms with Crippen LogP contribution in [0.1, 0.15) is 18.4 Å². The molecule has 2 saturated heterocycles. The van der Waals surface area contributed by atoms with Crippen LogP contribution in [0, 0.1) is 0 Å². The van der Waals surface area contributed by atoms with Gasteiger partial charge in [0.2, 0.25) is 11.8 Å². The van der Waals surface area contributed by atoms with Gasteiger partial charge in [-0.15, -0.1) is 0 Å². The van der Waals surface area contributed by atoms with Crippen LogP contribution in [0.2, 0.25) is 0 Å². The van der Waals surface area contributed by atoms with E-state index in [0.717, 1.165) is 29.9 Å². The second-order valence-electron chi connectivity index (χ2n) is 5.93. The minimum Gasteiger partial charge on any atom is -0.369 e. The SMILES string of the molecule is O=C(NC1CCSCC1)[C@H]1COCC(=O)N1Cc1ccccc1. The molecule has 2 fully saturated rings. The van der Waals surface area contributed by atoms with Gasteiger partial charge >= 0.3 is 0 Å². The summed E-state index contributed by atoms with van der Waals surface area (Å²) in [5.41, 5.74) is 1.02. The molecule has 1 atom stereocenters. The number of nitrogens with one attached hydrogen (secondary N) is 1. The molecular weight excluding hydrogens is 312 g/mol. The predicted molar refractivity (Wildman–Crippen MR) is 90.1 cm³/mol. The normalized spacial score (nSPS) is 22.9. The van der Waals surface area contributed by atoms with Crippen molar-refractivity contribution in [2.75, 3.05) is 24.7 Å². The van der Waals surface area contributed by atoms with Crippen LogP contribution in [0.5, 0.6) is 0 Å². The van der Waals surface area contributed by atoms with E-state index in [1.54, 1.807) is 4.90 Å². The lowest BCUT2D eigenvalue weighted by atomic mass is 10.1. The lowest BCUT2D eigenvalue weighted by Gasteiger charge is -2.35. The number of benzene rings is 1. The van der Waals surface area contributed by atoms with Crippen molar-refractivity contribution in [1.29, 1.82) is 0 Å². The van der Waals surface area contributed by atoms with Crippen molar-refractivity contribution in [2.24, 2.45) is 0 Å². The first-order valence-corrected chi connectivity index (χ1v) is 9.19. The highest BCUT2D eigenvalue weighted by Gasteiger charge is 2.35. The number of thioether (sulfide) groups is 1. The Balaban J connectivity index is 1.67. The van der Waals surface area contributed by atoms with E-state index in [-0.39, 0.29) is 31.1 Å². The van der Waals surface area contributed by atoms with Crippen LogP contribution in [0.3, 0.4) is 0 Å². The fourth-order valence-electron chi connectivity index (χ4n) is 2.94. The van der Waals surface area contributed by atoms with Crippen LogP contribution in [-0.4, -0.2) is 53.5 Å². The molecule has 124 valence electrons. The number of carbonyl (C=O) groups is 2. The Morgan fingerprint density at radius 1 is 1.26 bits per heavy atom. The number of nitrogens with zero attached hydrogens (tertiary/aromatic N) is 1. The maximum atomic E-state index is 12.6. The number of morpholine rings is 1. The summed E-state index contributed by atoms with van der Waals surface area (Å²) >= 11 is 1.92. The Morgan fingerprint density at radius 3 is 2.74 bits per heavy atom. The first-order valence-electron chi connectivity index (χ1n) is 8.03. The molecule has 1 aromatic rings. The van der Waals surface area contributed by atoms with Gasteiger partial charge in [0.15, 0.2) is 0 Å². The first kappa shape index (κ1) is 16.3. The maximum absolute atomic E-state index is 12.6. The molecule has 3 rings (SSSR count). The lowest BCUT2D eigenvalue weighted by molar-refractivity contribution is -0.155. The summed E-state index contributed by atoms with van der Waals surface area (Å²) < 4.78 is 5.32. The topological polar surface area (TPSA) is 58.6 Å². The molecular formula is C17H22N2O3S. The summed E-state index contributed by atoms with van der Waals surface area (Å²) in [4.78, 5) is 26.5. The van der Waals surface area contributed by atoms with E-state index in [0.29, 0.717) is 6.54 Å². The van der Waals surface area contributed by atoms with E-state index >= 15 is 0 Å². The third kappa shape index (κ3) is 4.26. The van der Waals surface area contributed by atoms with Crippen molar-refractivity contribution >= 4 is 23.6 Å². The van der Waals surface area contributed by atoms with Crippen LogP contribution < -0.4 is 5.32 Å². The highest BCUT2D eigenvalue weighted by Crippen LogP contribution is 2.18. The van der Waals surface area contributed by atoms with Gasteiger partial charge in [0.1, 0.15) is 12.6 Å². The molecule has 0 aromatic heterocycles. The number of hydrogen-bond acceptors (Lipinski definition) is 4. The smallest absolute Gasteiger partial charge is 0.249 e. The molecule has 1 aromatic carbocycles. The number of carbonyl (C=O) groups excluding carboxylic acids is 2. The molecule has 5 nitrogen and oxygen atoms in total. The molecule has 2 heterocycles. The number of ether oxygens (including phenoxy) is 1. The zero-order chi connectivity index (χ0) is 16.1. The molecule has 0 bridgehead atoms. The zero-order valence-corrected chi connectivity index (χ0v) is 13.9. The van der Waals surface area contributed by atoms with E-state index in [2.05, 4.69) is 5.32 Å². The van der Waals surface area contributed by atoms with E-state index in [1.807, 2.05) is 42.1 Å². The summed E-state index contributed by atoms with van der Waals surface area (Å²) in [6.07, 6.45) is 1.99. The van der Waals surface area contributed by atoms with E-state index in [9.17, 15) is 9.59 Å². The Morgan fingerprint density at radius 2 is 2.00 bits per heavy atom. The van der Waals surface area contributed by atoms with Gasteiger partial charge in [0.25, 0.3) is 0 Å². The van der Waals surface area contributed by atoms with Crippen molar-refractivity contribution in [2.45, 2.75) is 31.5 Å². The fraction of sp³-hybridized carbons (Fsp3) is 0.529. The largest absolute Gasteiger partial charge is 0.369 e. The van der Waals surface area contributed by atoms with Crippen molar-refractivity contribution < 1.29 is 14.3 Å². The summed E-state index contributed by atoms with van der Waals surface area (Å²) in [5.74, 6) is 1.95. The van der Waals surface area contributed by atoms with Gasteiger partial charge in [-0.1, -0.05) is 30.3 Å². The van der Waals surface area contributed by atoms with Crippen LogP contribution in [-0.2, 0) is 20.9 Å². The molecule has 0 saturated carbocycles.